The van der Waals surface area contributed by atoms with Crippen LogP contribution in [0.3, 0.4) is 0 Å². The lowest BCUT2D eigenvalue weighted by molar-refractivity contribution is -0.140. The molecule has 0 bridgehead atoms. The van der Waals surface area contributed by atoms with Gasteiger partial charge in [-0.3, -0.25) is 14.5 Å². The Morgan fingerprint density at radius 2 is 2.20 bits per heavy atom. The highest BCUT2D eigenvalue weighted by Crippen LogP contribution is 2.39. The van der Waals surface area contributed by atoms with Crippen LogP contribution in [0, 0.1) is 0 Å². The molecule has 0 aromatic heterocycles. The summed E-state index contributed by atoms with van der Waals surface area (Å²) in [6.07, 6.45) is 0.960. The molecule has 2 unspecified atom stereocenters. The zero-order valence-electron chi connectivity index (χ0n) is 11.4. The molecule has 2 atom stereocenters. The number of nitrogens with two attached hydrogens (primary N) is 1. The largest absolute Gasteiger partial charge is 0.398 e. The third kappa shape index (κ3) is 2.79. The first-order valence-electron chi connectivity index (χ1n) is 6.52. The van der Waals surface area contributed by atoms with E-state index in [-0.39, 0.29) is 24.3 Å². The molecule has 1 heterocycles. The molecular formula is C14H17ClN2O2S. The molecule has 1 aliphatic heterocycles. The summed E-state index contributed by atoms with van der Waals surface area (Å²) in [4.78, 5) is 26.4. The standard InChI is InChI=1S/C14H17ClN2O2S/c1-3-8(2)17-12(18)7-11(14(17)19)20-13-9(15)5-4-6-10(13)16/h4-6,8,11H,3,7,16H2,1-2H3. The highest BCUT2D eigenvalue weighted by atomic mass is 35.5. The minimum absolute atomic E-state index is 0.0656. The van der Waals surface area contributed by atoms with Crippen LogP contribution in [0.15, 0.2) is 23.1 Å². The molecule has 2 rings (SSSR count). The van der Waals surface area contributed by atoms with Gasteiger partial charge < -0.3 is 5.73 Å². The van der Waals surface area contributed by atoms with Crippen LogP contribution in [-0.2, 0) is 9.59 Å². The summed E-state index contributed by atoms with van der Waals surface area (Å²) >= 11 is 7.39. The van der Waals surface area contributed by atoms with Gasteiger partial charge in [-0.2, -0.15) is 0 Å². The molecule has 1 aromatic rings. The summed E-state index contributed by atoms with van der Waals surface area (Å²) in [6.45, 7) is 3.84. The van der Waals surface area contributed by atoms with Gasteiger partial charge in [0.1, 0.15) is 0 Å². The van der Waals surface area contributed by atoms with Crippen molar-refractivity contribution in [1.82, 2.24) is 4.90 Å². The van der Waals surface area contributed by atoms with Crippen molar-refractivity contribution < 1.29 is 9.59 Å². The average molecular weight is 313 g/mol. The van der Waals surface area contributed by atoms with Crippen LogP contribution < -0.4 is 5.73 Å². The van der Waals surface area contributed by atoms with Crippen LogP contribution in [0.1, 0.15) is 26.7 Å². The SMILES string of the molecule is CCC(C)N1C(=O)CC(Sc2c(N)cccc2Cl)C1=O. The maximum atomic E-state index is 12.3. The summed E-state index contributed by atoms with van der Waals surface area (Å²) in [5.74, 6) is -0.263. The van der Waals surface area contributed by atoms with E-state index in [1.165, 1.54) is 16.7 Å². The van der Waals surface area contributed by atoms with Crippen molar-refractivity contribution in [2.75, 3.05) is 5.73 Å². The normalized spacial score (nSPS) is 20.6. The molecule has 0 saturated carbocycles. The van der Waals surface area contributed by atoms with Gasteiger partial charge >= 0.3 is 0 Å². The number of benzene rings is 1. The number of anilines is 1. The topological polar surface area (TPSA) is 63.4 Å². The van der Waals surface area contributed by atoms with Crippen molar-refractivity contribution in [2.24, 2.45) is 0 Å². The number of imide groups is 1. The lowest BCUT2D eigenvalue weighted by Gasteiger charge is -2.21. The van der Waals surface area contributed by atoms with E-state index in [0.717, 1.165) is 6.42 Å². The number of thioether (sulfide) groups is 1. The number of likely N-dealkylation sites (tertiary alicyclic amines) is 1. The fourth-order valence-electron chi connectivity index (χ4n) is 2.15. The van der Waals surface area contributed by atoms with Gasteiger partial charge in [-0.1, -0.05) is 24.6 Å². The molecule has 1 fully saturated rings. The minimum atomic E-state index is -0.432. The van der Waals surface area contributed by atoms with E-state index in [9.17, 15) is 9.59 Å². The predicted molar refractivity (Wildman–Crippen MR) is 81.7 cm³/mol. The van der Waals surface area contributed by atoms with Crippen LogP contribution >= 0.6 is 23.4 Å². The number of hydrogen-bond acceptors (Lipinski definition) is 4. The van der Waals surface area contributed by atoms with Gasteiger partial charge in [-0.15, -0.1) is 11.8 Å². The molecule has 0 spiro atoms. The lowest BCUT2D eigenvalue weighted by atomic mass is 10.2. The minimum Gasteiger partial charge on any atom is -0.398 e. The van der Waals surface area contributed by atoms with Crippen molar-refractivity contribution in [3.05, 3.63) is 23.2 Å². The Bertz CT molecular complexity index is 530. The van der Waals surface area contributed by atoms with E-state index in [1.807, 2.05) is 13.8 Å². The maximum absolute atomic E-state index is 12.3. The van der Waals surface area contributed by atoms with E-state index in [4.69, 9.17) is 17.3 Å². The number of rotatable bonds is 4. The van der Waals surface area contributed by atoms with Gasteiger partial charge in [-0.05, 0) is 25.5 Å². The number of carbonyl (C=O) groups is 2. The van der Waals surface area contributed by atoms with Crippen LogP contribution in [-0.4, -0.2) is 28.0 Å². The van der Waals surface area contributed by atoms with Crippen molar-refractivity contribution in [2.45, 2.75) is 42.9 Å². The van der Waals surface area contributed by atoms with E-state index in [2.05, 4.69) is 0 Å². The Balaban J connectivity index is 2.20. The Morgan fingerprint density at radius 3 is 2.80 bits per heavy atom. The molecule has 6 heteroatoms. The number of nitrogen functional groups attached to an aromatic ring is 1. The van der Waals surface area contributed by atoms with Crippen molar-refractivity contribution in [3.8, 4) is 0 Å². The smallest absolute Gasteiger partial charge is 0.243 e. The van der Waals surface area contributed by atoms with E-state index in [1.54, 1.807) is 18.2 Å². The molecule has 4 nitrogen and oxygen atoms in total. The summed E-state index contributed by atoms with van der Waals surface area (Å²) in [7, 11) is 0. The van der Waals surface area contributed by atoms with Crippen molar-refractivity contribution in [3.63, 3.8) is 0 Å². The van der Waals surface area contributed by atoms with Crippen LogP contribution in [0.4, 0.5) is 5.69 Å². The zero-order valence-corrected chi connectivity index (χ0v) is 13.0. The Morgan fingerprint density at radius 1 is 1.50 bits per heavy atom. The molecule has 108 valence electrons. The molecule has 0 radical (unpaired) electrons. The molecule has 1 aliphatic rings. The quantitative estimate of drug-likeness (QED) is 0.686. The van der Waals surface area contributed by atoms with Gasteiger partial charge in [0.05, 0.1) is 10.3 Å². The van der Waals surface area contributed by atoms with Gasteiger partial charge in [-0.25, -0.2) is 0 Å². The zero-order chi connectivity index (χ0) is 14.9. The summed E-state index contributed by atoms with van der Waals surface area (Å²) < 4.78 is 0. The van der Waals surface area contributed by atoms with Crippen molar-refractivity contribution >= 4 is 40.9 Å². The van der Waals surface area contributed by atoms with Crippen molar-refractivity contribution in [1.29, 1.82) is 0 Å². The fourth-order valence-corrected chi connectivity index (χ4v) is 3.58. The second-order valence-electron chi connectivity index (χ2n) is 4.83. The molecule has 0 aliphatic carbocycles. The molecule has 1 saturated heterocycles. The third-order valence-corrected chi connectivity index (χ3v) is 5.20. The summed E-state index contributed by atoms with van der Waals surface area (Å²) in [5, 5.41) is 0.0796. The summed E-state index contributed by atoms with van der Waals surface area (Å²) in [5.41, 5.74) is 6.42. The summed E-state index contributed by atoms with van der Waals surface area (Å²) in [6, 6.07) is 5.16. The number of amides is 2. The maximum Gasteiger partial charge on any atom is 0.243 e. The Hall–Kier alpha value is -1.20. The second kappa shape index (κ2) is 6.06. The number of carbonyl (C=O) groups excluding carboxylic acids is 2. The van der Waals surface area contributed by atoms with Gasteiger partial charge in [0, 0.05) is 23.0 Å². The number of nitrogens with zero attached hydrogens (tertiary/aromatic N) is 1. The van der Waals surface area contributed by atoms with Gasteiger partial charge in [0.25, 0.3) is 0 Å². The predicted octanol–water partition coefficient (Wildman–Crippen LogP) is 2.94. The first-order chi connectivity index (χ1) is 9.45. The van der Waals surface area contributed by atoms with Gasteiger partial charge in [0.15, 0.2) is 0 Å². The Labute approximate surface area is 127 Å². The van der Waals surface area contributed by atoms with Gasteiger partial charge in [0.2, 0.25) is 11.8 Å². The first-order valence-corrected chi connectivity index (χ1v) is 7.78. The molecule has 20 heavy (non-hydrogen) atoms. The highest BCUT2D eigenvalue weighted by Gasteiger charge is 2.41. The van der Waals surface area contributed by atoms with E-state index >= 15 is 0 Å². The Kier molecular flexibility index (Phi) is 4.60. The lowest BCUT2D eigenvalue weighted by Crippen LogP contribution is -2.38. The average Bonchev–Trinajstić information content (AvgIpc) is 2.68. The second-order valence-corrected chi connectivity index (χ2v) is 6.45. The first kappa shape index (κ1) is 15.2. The van der Waals surface area contributed by atoms with E-state index < -0.39 is 5.25 Å². The third-order valence-electron chi connectivity index (χ3n) is 3.43. The van der Waals surface area contributed by atoms with Crippen LogP contribution in [0.5, 0.6) is 0 Å². The monoisotopic (exact) mass is 312 g/mol. The molecule has 2 amide bonds. The van der Waals surface area contributed by atoms with Crippen LogP contribution in [0.2, 0.25) is 5.02 Å². The number of hydrogen-bond donors (Lipinski definition) is 1. The van der Waals surface area contributed by atoms with E-state index in [0.29, 0.717) is 15.6 Å². The molecule has 2 N–H and O–H groups in total. The highest BCUT2D eigenvalue weighted by molar-refractivity contribution is 8.01. The fraction of sp³-hybridized carbons (Fsp3) is 0.429. The molecular weight excluding hydrogens is 296 g/mol. The van der Waals surface area contributed by atoms with Crippen LogP contribution in [0.25, 0.3) is 0 Å². The number of halogens is 1. The molecule has 1 aromatic carbocycles.